The van der Waals surface area contributed by atoms with Crippen molar-refractivity contribution in [2.24, 2.45) is 0 Å². The molecule has 1 heterocycles. The van der Waals surface area contributed by atoms with Crippen molar-refractivity contribution in [1.29, 1.82) is 0 Å². The summed E-state index contributed by atoms with van der Waals surface area (Å²) in [6.45, 7) is 15.0. The Balaban J connectivity index is -0.0000000625. The van der Waals surface area contributed by atoms with Crippen LogP contribution in [0.25, 0.3) is 0 Å². The van der Waals surface area contributed by atoms with E-state index in [1.54, 1.807) is 13.1 Å². The summed E-state index contributed by atoms with van der Waals surface area (Å²) in [5.74, 6) is 0. The molecule has 0 aliphatic carbocycles. The summed E-state index contributed by atoms with van der Waals surface area (Å²) < 4.78 is 0. The molecule has 0 spiro atoms. The fourth-order valence-corrected chi connectivity index (χ4v) is 0.407. The van der Waals surface area contributed by atoms with Crippen LogP contribution in [0.1, 0.15) is 40.2 Å². The minimum absolute atomic E-state index is 0. The van der Waals surface area contributed by atoms with Gasteiger partial charge in [-0.05, 0) is 0 Å². The monoisotopic (exact) mass is 220 g/mol. The van der Waals surface area contributed by atoms with Crippen molar-refractivity contribution in [1.82, 2.24) is 4.98 Å². The van der Waals surface area contributed by atoms with E-state index in [0.29, 0.717) is 0 Å². The van der Waals surface area contributed by atoms with Gasteiger partial charge in [-0.1, -0.05) is 47.0 Å². The van der Waals surface area contributed by atoms with Crippen molar-refractivity contribution < 1.29 is 51.4 Å². The van der Waals surface area contributed by atoms with E-state index >= 15 is 0 Å². The molecule has 14 heavy (non-hydrogen) atoms. The Morgan fingerprint density at radius 3 is 1.71 bits per heavy atom. The van der Waals surface area contributed by atoms with Crippen molar-refractivity contribution in [2.75, 3.05) is 0 Å². The van der Waals surface area contributed by atoms with E-state index in [1.165, 1.54) is 0 Å². The molecule has 1 rings (SSSR count). The molecule has 0 aromatic carbocycles. The molecule has 0 aliphatic heterocycles. The third kappa shape index (κ3) is 23.0. The van der Waals surface area contributed by atoms with E-state index in [2.05, 4.69) is 18.1 Å². The Morgan fingerprint density at radius 2 is 1.57 bits per heavy atom. The van der Waals surface area contributed by atoms with E-state index in [4.69, 9.17) is 0 Å². The maximum absolute atomic E-state index is 3.76. The van der Waals surface area contributed by atoms with Crippen LogP contribution in [0.3, 0.4) is 0 Å². The van der Waals surface area contributed by atoms with Crippen molar-refractivity contribution >= 4 is 0 Å². The van der Waals surface area contributed by atoms with E-state index in [-0.39, 0.29) is 51.4 Å². The summed E-state index contributed by atoms with van der Waals surface area (Å²) in [6, 6.07) is 3.86. The molecule has 0 amide bonds. The zero-order chi connectivity index (χ0) is 11.1. The van der Waals surface area contributed by atoms with Crippen LogP contribution >= 0.6 is 0 Å². The molecule has 1 aromatic heterocycles. The molecule has 0 unspecified atom stereocenters. The van der Waals surface area contributed by atoms with Gasteiger partial charge < -0.3 is 11.9 Å². The van der Waals surface area contributed by atoms with Gasteiger partial charge in [0.1, 0.15) is 0 Å². The largest absolute Gasteiger partial charge is 1.00 e. The smallest absolute Gasteiger partial charge is 0.394 e. The minimum atomic E-state index is 0. The predicted molar refractivity (Wildman–Crippen MR) is 61.5 cm³/mol. The van der Waals surface area contributed by atoms with Crippen LogP contribution in [0.4, 0.5) is 0 Å². The van der Waals surface area contributed by atoms with Gasteiger partial charge in [0.25, 0.3) is 0 Å². The predicted octanol–water partition coefficient (Wildman–Crippen LogP) is 1.09. The van der Waals surface area contributed by atoms with E-state index < -0.39 is 0 Å². The van der Waals surface area contributed by atoms with E-state index in [0.717, 1.165) is 5.56 Å². The molecular weight excluding hydrogens is 197 g/mol. The minimum Gasteiger partial charge on any atom is -0.394 e. The molecule has 0 atom stereocenters. The van der Waals surface area contributed by atoms with Crippen molar-refractivity contribution in [2.45, 2.75) is 41.5 Å². The van der Waals surface area contributed by atoms with Crippen LogP contribution in [-0.2, 0) is 0 Å². The van der Waals surface area contributed by atoms with Gasteiger partial charge in [0.05, 0.1) is 0 Å². The number of nitrogens with zero attached hydrogens (tertiary/aromatic N) is 1. The quantitative estimate of drug-likeness (QED) is 0.471. The van der Waals surface area contributed by atoms with Crippen molar-refractivity contribution in [3.05, 3.63) is 37.0 Å². The zero-order valence-corrected chi connectivity index (χ0v) is 14.0. The van der Waals surface area contributed by atoms with Gasteiger partial charge in [-0.15, -0.1) is 5.56 Å². The Bertz CT molecular complexity index is 140. The fourth-order valence-electron chi connectivity index (χ4n) is 0.407. The number of aromatic nitrogens is 1. The maximum atomic E-state index is 3.76. The summed E-state index contributed by atoms with van der Waals surface area (Å²) in [5, 5.41) is 0. The number of pyridine rings is 1. The molecule has 0 N–H and O–H groups in total. The Hall–Kier alpha value is 0.786. The Morgan fingerprint density at radius 1 is 1.14 bits per heavy atom. The summed E-state index contributed by atoms with van der Waals surface area (Å²) in [5.41, 5.74) is 1.09. The molecule has 0 radical (unpaired) electrons. The standard InChI is InChI=1S/C6H6N.2C2H6.C2H5.K/c1-6-3-2-4-7-5-6;3*1-2;/h2-4H,1H3;2*1-2H3;1H2,2H3;/q-1;;;-1;+1. The first-order chi connectivity index (χ1) is 6.39. The number of aryl methyl sites for hydroxylation is 1. The first-order valence-corrected chi connectivity index (χ1v) is 4.89. The summed E-state index contributed by atoms with van der Waals surface area (Å²) in [4.78, 5) is 3.76. The Labute approximate surface area is 133 Å². The molecule has 0 saturated heterocycles. The number of hydrogen-bond acceptors (Lipinski definition) is 1. The molecule has 2 heteroatoms. The van der Waals surface area contributed by atoms with Gasteiger partial charge in [0.2, 0.25) is 0 Å². The van der Waals surface area contributed by atoms with Crippen LogP contribution in [0.5, 0.6) is 0 Å². The first-order valence-electron chi connectivity index (χ1n) is 4.89. The molecule has 0 saturated carbocycles. The van der Waals surface area contributed by atoms with Gasteiger partial charge >= 0.3 is 51.4 Å². The van der Waals surface area contributed by atoms with E-state index in [9.17, 15) is 0 Å². The third-order valence-electron chi connectivity index (χ3n) is 0.748. The van der Waals surface area contributed by atoms with Gasteiger partial charge in [0, 0.05) is 0 Å². The molecular formula is C12H23KN-. The van der Waals surface area contributed by atoms with Crippen LogP contribution in [0.15, 0.2) is 18.3 Å². The second-order valence-electron chi connectivity index (χ2n) is 1.43. The van der Waals surface area contributed by atoms with Crippen molar-refractivity contribution in [3.63, 3.8) is 0 Å². The van der Waals surface area contributed by atoms with Crippen LogP contribution in [0, 0.1) is 20.0 Å². The number of rotatable bonds is 0. The van der Waals surface area contributed by atoms with Gasteiger partial charge in [0.15, 0.2) is 0 Å². The molecule has 1 aromatic rings. The summed E-state index contributed by atoms with van der Waals surface area (Å²) in [7, 11) is 0. The third-order valence-corrected chi connectivity index (χ3v) is 0.748. The SMILES string of the molecule is CC.CC.Cc1[c-]nccc1.[CH2-]C.[K+]. The second kappa shape index (κ2) is 29.2. The molecule has 78 valence electrons. The van der Waals surface area contributed by atoms with Gasteiger partial charge in [-0.2, -0.15) is 19.1 Å². The van der Waals surface area contributed by atoms with Crippen LogP contribution in [0.2, 0.25) is 0 Å². The summed E-state index contributed by atoms with van der Waals surface area (Å²) >= 11 is 0. The number of hydrogen-bond donors (Lipinski definition) is 0. The first kappa shape index (κ1) is 24.2. The van der Waals surface area contributed by atoms with Crippen LogP contribution in [-0.4, -0.2) is 4.98 Å². The molecule has 0 bridgehead atoms. The van der Waals surface area contributed by atoms with Gasteiger partial charge in [-0.3, -0.25) is 0 Å². The average molecular weight is 220 g/mol. The molecule has 0 fully saturated rings. The fraction of sp³-hybridized carbons (Fsp3) is 0.500. The zero-order valence-electron chi connectivity index (χ0n) is 10.9. The van der Waals surface area contributed by atoms with E-state index in [1.807, 2.05) is 46.8 Å². The van der Waals surface area contributed by atoms with Crippen molar-refractivity contribution in [3.8, 4) is 0 Å². The molecule has 0 aliphatic rings. The topological polar surface area (TPSA) is 12.9 Å². The second-order valence-corrected chi connectivity index (χ2v) is 1.43. The molecule has 1 nitrogen and oxygen atoms in total. The normalized spacial score (nSPS) is 5.64. The summed E-state index contributed by atoms with van der Waals surface area (Å²) in [6.07, 6.45) is 4.50. The maximum Gasteiger partial charge on any atom is 1.00 e. The van der Waals surface area contributed by atoms with Crippen LogP contribution < -0.4 is 51.4 Å². The average Bonchev–Trinajstić information content (AvgIpc) is 2.28. The Kier molecular flexibility index (Phi) is 50.4. The van der Waals surface area contributed by atoms with Gasteiger partial charge in [-0.25, -0.2) is 0 Å².